The van der Waals surface area contributed by atoms with E-state index in [9.17, 15) is 5.11 Å². The van der Waals surface area contributed by atoms with Crippen LogP contribution in [0.2, 0.25) is 0 Å². The van der Waals surface area contributed by atoms with Gasteiger partial charge in [0.05, 0.1) is 54.4 Å². The summed E-state index contributed by atoms with van der Waals surface area (Å²) in [6.45, 7) is 9.79. The number of H-pyrrole nitrogens is 1. The summed E-state index contributed by atoms with van der Waals surface area (Å²) in [5.74, 6) is 0.251. The van der Waals surface area contributed by atoms with E-state index in [0.29, 0.717) is 6.54 Å². The van der Waals surface area contributed by atoms with E-state index >= 15 is 0 Å². The van der Waals surface area contributed by atoms with Gasteiger partial charge in [0.2, 0.25) is 0 Å². The Balaban J connectivity index is 1.18. The second kappa shape index (κ2) is 38.9. The molecule has 9 heteroatoms. The minimum Gasteiger partial charge on any atom is -0.494 e. The van der Waals surface area contributed by atoms with Crippen LogP contribution in [0.3, 0.4) is 0 Å². The summed E-state index contributed by atoms with van der Waals surface area (Å²) in [6, 6.07) is 4.72. The fraction of sp³-hybridized carbons (Fsp3) is 0.721. The van der Waals surface area contributed by atoms with Crippen molar-refractivity contribution in [2.75, 3.05) is 0 Å². The van der Waals surface area contributed by atoms with Gasteiger partial charge in [0.1, 0.15) is 10.0 Å². The molecule has 0 unspecified atom stereocenters. The zero-order valence-corrected chi connectivity index (χ0v) is 52.8. The molecule has 0 spiro atoms. The number of aliphatic imine (C=N–C) groups is 1. The normalized spacial score (nSPS) is 12.4. The average Bonchev–Trinajstić information content (AvgIpc) is 4.36. The summed E-state index contributed by atoms with van der Waals surface area (Å²) in [6.07, 6.45) is 57.8. The summed E-state index contributed by atoms with van der Waals surface area (Å²) in [4.78, 5) is 25.1. The summed E-state index contributed by atoms with van der Waals surface area (Å²) in [5, 5.41) is 19.0. The van der Waals surface area contributed by atoms with Gasteiger partial charge in [-0.25, -0.2) is 9.97 Å². The number of nitrogens with zero attached hydrogens (tertiary/aromatic N) is 3. The van der Waals surface area contributed by atoms with E-state index in [1.807, 2.05) is 45.3 Å². The molecule has 5 aromatic rings. The molecule has 0 aromatic carbocycles. The van der Waals surface area contributed by atoms with Crippen molar-refractivity contribution in [1.29, 1.82) is 0 Å². The molecular formula is C68H108N4OS4. The molecule has 0 saturated heterocycles. The minimum atomic E-state index is 0.251. The lowest BCUT2D eigenvalue weighted by Crippen LogP contribution is -2.02. The Bertz CT molecular complexity index is 2320. The minimum absolute atomic E-state index is 0.251. The summed E-state index contributed by atoms with van der Waals surface area (Å²) >= 11 is 7.39. The molecule has 1 aliphatic heterocycles. The SMILES string of the molecule is CCCCCCCCCCCCc1ccsc1-c1nc(CCCCCCCCCCCC)c(C2=NCc3c(-c4sc(-c5sccc5CCCCCCCCCCCC)nc4CCCCCCCCCCCC)[nH]c(O)c32)s1. The topological polar surface area (TPSA) is 74.2 Å². The predicted octanol–water partition coefficient (Wildman–Crippen LogP) is 24.0. The molecule has 0 saturated carbocycles. The van der Waals surface area contributed by atoms with Gasteiger partial charge in [-0.1, -0.05) is 259 Å². The van der Waals surface area contributed by atoms with Crippen LogP contribution >= 0.6 is 45.3 Å². The Morgan fingerprint density at radius 2 is 0.727 bits per heavy atom. The number of hydrogen-bond acceptors (Lipinski definition) is 8. The monoisotopic (exact) mass is 1120 g/mol. The van der Waals surface area contributed by atoms with Gasteiger partial charge < -0.3 is 10.1 Å². The van der Waals surface area contributed by atoms with Crippen LogP contribution in [0.25, 0.3) is 30.3 Å². The third-order valence-electron chi connectivity index (χ3n) is 16.6. The summed E-state index contributed by atoms with van der Waals surface area (Å²) < 4.78 is 0. The third kappa shape index (κ3) is 22.0. The molecule has 0 radical (unpaired) electrons. The highest BCUT2D eigenvalue weighted by atomic mass is 32.1. The first kappa shape index (κ1) is 63.6. The van der Waals surface area contributed by atoms with Gasteiger partial charge in [0.25, 0.3) is 0 Å². The van der Waals surface area contributed by atoms with Crippen LogP contribution in [0.1, 0.15) is 323 Å². The van der Waals surface area contributed by atoms with E-state index in [0.717, 1.165) is 71.1 Å². The first-order chi connectivity index (χ1) is 38.1. The van der Waals surface area contributed by atoms with Crippen LogP contribution in [0, 0.1) is 0 Å². The van der Waals surface area contributed by atoms with Gasteiger partial charge >= 0.3 is 0 Å². The number of aromatic hydroxyl groups is 1. The molecular weight excluding hydrogens is 1020 g/mol. The quantitative estimate of drug-likeness (QED) is 0.0381. The maximum atomic E-state index is 12.1. The largest absolute Gasteiger partial charge is 0.494 e. The molecule has 2 N–H and O–H groups in total. The highest BCUT2D eigenvalue weighted by Gasteiger charge is 2.33. The predicted molar refractivity (Wildman–Crippen MR) is 344 cm³/mol. The second-order valence-electron chi connectivity index (χ2n) is 23.2. The van der Waals surface area contributed by atoms with E-state index in [4.69, 9.17) is 15.0 Å². The lowest BCUT2D eigenvalue weighted by atomic mass is 10.0. The number of thiophene rings is 2. The zero-order valence-electron chi connectivity index (χ0n) is 49.6. The van der Waals surface area contributed by atoms with E-state index in [1.165, 1.54) is 286 Å². The summed E-state index contributed by atoms with van der Waals surface area (Å²) in [7, 11) is 0. The highest BCUT2D eigenvalue weighted by Crippen LogP contribution is 2.47. The standard InChI is InChI=1S/C68H108N4OS4/c1-5-9-13-17-21-25-29-33-37-41-45-54-49-51-74-62(54)67-70-57(47-43-39-35-31-27-23-19-15-11-7-3)64(76-67)60-56-53-69-61(59(56)66(73)72-60)65-58(48-44-40-36-32-28-24-20-16-12-8-4)71-68(77-65)63-55(50-52-75-63)46-42-38-34-30-26-22-18-14-10-6-2/h49-52,72-73H,5-48,53H2,1-4H3. The number of rotatable bonds is 48. The van der Waals surface area contributed by atoms with Crippen molar-refractivity contribution >= 4 is 51.1 Å². The van der Waals surface area contributed by atoms with Crippen LogP contribution in [0.15, 0.2) is 27.9 Å². The van der Waals surface area contributed by atoms with E-state index in [-0.39, 0.29) is 5.88 Å². The number of unbranched alkanes of at least 4 members (excludes halogenated alkanes) is 36. The molecule has 6 rings (SSSR count). The number of aryl methyl sites for hydroxylation is 4. The Morgan fingerprint density at radius 1 is 0.403 bits per heavy atom. The number of thiazole rings is 2. The number of aromatic amines is 1. The first-order valence-electron chi connectivity index (χ1n) is 32.7. The molecule has 0 bridgehead atoms. The molecule has 6 heterocycles. The Morgan fingerprint density at radius 3 is 1.10 bits per heavy atom. The molecule has 0 atom stereocenters. The van der Waals surface area contributed by atoms with Crippen molar-refractivity contribution in [1.82, 2.24) is 15.0 Å². The number of fused-ring (bicyclic) bond motifs is 1. The van der Waals surface area contributed by atoms with Crippen molar-refractivity contribution in [3.8, 4) is 36.2 Å². The second-order valence-corrected chi connectivity index (χ2v) is 27.1. The fourth-order valence-electron chi connectivity index (χ4n) is 11.8. The fourth-order valence-corrected chi connectivity index (χ4v) is 16.2. The van der Waals surface area contributed by atoms with Gasteiger partial charge in [-0.05, 0) is 85.4 Å². The highest BCUT2D eigenvalue weighted by molar-refractivity contribution is 7.23. The van der Waals surface area contributed by atoms with Crippen LogP contribution < -0.4 is 0 Å². The molecule has 1 aliphatic rings. The van der Waals surface area contributed by atoms with Crippen LogP contribution in [0.5, 0.6) is 5.88 Å². The van der Waals surface area contributed by atoms with Crippen LogP contribution in [-0.4, -0.2) is 25.8 Å². The Kier molecular flexibility index (Phi) is 32.2. The summed E-state index contributed by atoms with van der Waals surface area (Å²) in [5.41, 5.74) is 9.28. The number of nitrogens with one attached hydrogen (secondary N) is 1. The smallest absolute Gasteiger partial charge is 0.198 e. The lowest BCUT2D eigenvalue weighted by Gasteiger charge is -2.04. The maximum absolute atomic E-state index is 12.1. The van der Waals surface area contributed by atoms with Crippen molar-refractivity contribution in [3.05, 3.63) is 61.4 Å². The van der Waals surface area contributed by atoms with E-state index in [1.54, 1.807) is 0 Å². The van der Waals surface area contributed by atoms with Gasteiger partial charge in [-0.3, -0.25) is 4.99 Å². The zero-order chi connectivity index (χ0) is 54.0. The molecule has 0 amide bonds. The van der Waals surface area contributed by atoms with Crippen molar-refractivity contribution in [2.45, 2.75) is 317 Å². The Labute approximate surface area is 487 Å². The van der Waals surface area contributed by atoms with Crippen LogP contribution in [-0.2, 0) is 32.2 Å². The van der Waals surface area contributed by atoms with Crippen molar-refractivity contribution < 1.29 is 5.11 Å². The van der Waals surface area contributed by atoms with E-state index < -0.39 is 0 Å². The van der Waals surface area contributed by atoms with Gasteiger partial charge in [0.15, 0.2) is 5.88 Å². The van der Waals surface area contributed by atoms with E-state index in [2.05, 4.69) is 55.6 Å². The first-order valence-corrected chi connectivity index (χ1v) is 36.1. The molecule has 0 fully saturated rings. The van der Waals surface area contributed by atoms with Gasteiger partial charge in [-0.2, -0.15) is 0 Å². The molecule has 430 valence electrons. The lowest BCUT2D eigenvalue weighted by molar-refractivity contribution is 0.456. The van der Waals surface area contributed by atoms with Crippen LogP contribution in [0.4, 0.5) is 0 Å². The molecule has 0 aliphatic carbocycles. The van der Waals surface area contributed by atoms with Gasteiger partial charge in [-0.15, -0.1) is 45.3 Å². The van der Waals surface area contributed by atoms with Crippen molar-refractivity contribution in [3.63, 3.8) is 0 Å². The molecule has 77 heavy (non-hydrogen) atoms. The number of hydrogen-bond donors (Lipinski definition) is 2. The average molecular weight is 1130 g/mol. The third-order valence-corrected chi connectivity index (χ3v) is 21.0. The number of aromatic nitrogens is 3. The van der Waals surface area contributed by atoms with Crippen molar-refractivity contribution in [2.24, 2.45) is 4.99 Å². The molecule has 5 aromatic heterocycles. The van der Waals surface area contributed by atoms with Gasteiger partial charge in [0, 0.05) is 5.56 Å². The Hall–Kier alpha value is -2.59. The maximum Gasteiger partial charge on any atom is 0.198 e. The molecule has 5 nitrogen and oxygen atoms in total.